The van der Waals surface area contributed by atoms with E-state index in [0.29, 0.717) is 12.1 Å². The summed E-state index contributed by atoms with van der Waals surface area (Å²) < 4.78 is 2.11. The molecule has 1 aliphatic carbocycles. The molecule has 1 aromatic heterocycles. The van der Waals surface area contributed by atoms with E-state index in [-0.39, 0.29) is 11.5 Å². The highest BCUT2D eigenvalue weighted by atomic mass is 16.4. The minimum atomic E-state index is -0.953. The third-order valence-corrected chi connectivity index (χ3v) is 6.02. The van der Waals surface area contributed by atoms with Gasteiger partial charge in [-0.05, 0) is 48.2 Å². The number of rotatable bonds is 6. The minimum Gasteiger partial charge on any atom is -0.478 e. The number of hydrogen-bond acceptors (Lipinski definition) is 2. The second kappa shape index (κ2) is 11.5. The van der Waals surface area contributed by atoms with Crippen molar-refractivity contribution in [2.24, 2.45) is 0 Å². The molecule has 1 saturated carbocycles. The molecular weight excluding hydrogens is 436 g/mol. The molecule has 0 bridgehead atoms. The van der Waals surface area contributed by atoms with E-state index in [9.17, 15) is 9.59 Å². The van der Waals surface area contributed by atoms with Crippen LogP contribution in [0, 0.1) is 0 Å². The van der Waals surface area contributed by atoms with Crippen LogP contribution < -0.4 is 5.32 Å². The molecule has 5 rings (SSSR count). The second-order valence-electron chi connectivity index (χ2n) is 8.09. The summed E-state index contributed by atoms with van der Waals surface area (Å²) in [5.41, 5.74) is 3.50. The first-order chi connectivity index (χ1) is 17.1. The van der Waals surface area contributed by atoms with Crippen molar-refractivity contribution in [2.75, 3.05) is 0 Å². The minimum absolute atomic E-state index is 0.113. The lowest BCUT2D eigenvalue weighted by Gasteiger charge is -2.19. The Labute approximate surface area is 207 Å². The third kappa shape index (κ3) is 5.62. The van der Waals surface area contributed by atoms with Gasteiger partial charge in [0.2, 0.25) is 0 Å². The molecule has 0 aliphatic heterocycles. The number of carbonyl (C=O) groups is 2. The average Bonchev–Trinajstić information content (AvgIpc) is 3.58. The van der Waals surface area contributed by atoms with Gasteiger partial charge in [-0.15, -0.1) is 0 Å². The van der Waals surface area contributed by atoms with Gasteiger partial charge < -0.3 is 15.0 Å². The molecule has 0 radical (unpaired) electrons. The van der Waals surface area contributed by atoms with Crippen molar-refractivity contribution in [3.05, 3.63) is 107 Å². The first-order valence-electron chi connectivity index (χ1n) is 12.3. The molecule has 0 spiro atoms. The van der Waals surface area contributed by atoms with Crippen LogP contribution in [0.2, 0.25) is 0 Å². The summed E-state index contributed by atoms with van der Waals surface area (Å²) in [4.78, 5) is 24.5. The lowest BCUT2D eigenvalue weighted by Crippen LogP contribution is -2.35. The van der Waals surface area contributed by atoms with Gasteiger partial charge in [0, 0.05) is 18.1 Å². The summed E-state index contributed by atoms with van der Waals surface area (Å²) >= 11 is 0. The molecule has 35 heavy (non-hydrogen) atoms. The van der Waals surface area contributed by atoms with Gasteiger partial charge in [0.25, 0.3) is 5.91 Å². The van der Waals surface area contributed by atoms with Crippen LogP contribution in [-0.4, -0.2) is 21.6 Å². The largest absolute Gasteiger partial charge is 0.478 e. The molecule has 1 heterocycles. The van der Waals surface area contributed by atoms with Crippen LogP contribution in [0.4, 0.5) is 0 Å². The van der Waals surface area contributed by atoms with Crippen LogP contribution >= 0.6 is 0 Å². The van der Waals surface area contributed by atoms with E-state index >= 15 is 0 Å². The van der Waals surface area contributed by atoms with E-state index in [2.05, 4.69) is 22.0 Å². The molecule has 1 fully saturated rings. The summed E-state index contributed by atoms with van der Waals surface area (Å²) in [6.45, 7) is 8.69. The maximum Gasteiger partial charge on any atom is 0.335 e. The van der Waals surface area contributed by atoms with Crippen molar-refractivity contribution < 1.29 is 14.7 Å². The van der Waals surface area contributed by atoms with Gasteiger partial charge >= 0.3 is 5.97 Å². The normalized spacial score (nSPS) is 13.0. The fourth-order valence-electron chi connectivity index (χ4n) is 4.18. The number of para-hydroxylation sites is 1. The Bertz CT molecular complexity index is 1270. The Morgan fingerprint density at radius 1 is 0.857 bits per heavy atom. The van der Waals surface area contributed by atoms with Crippen LogP contribution in [-0.2, 0) is 12.1 Å². The molecule has 0 saturated heterocycles. The maximum atomic E-state index is 13.3. The number of hydrogen-bond donors (Lipinski definition) is 2. The number of carboxylic acid groups (broad SMARTS) is 1. The Kier molecular flexibility index (Phi) is 8.48. The number of benzene rings is 3. The fraction of sp³-hybridized carbons (Fsp3) is 0.267. The summed E-state index contributed by atoms with van der Waals surface area (Å²) in [5.74, 6) is -1.07. The number of nitrogens with zero attached hydrogens (tertiary/aromatic N) is 1. The Balaban J connectivity index is 0.000000815. The molecule has 0 atom stereocenters. The highest BCUT2D eigenvalue weighted by Crippen LogP contribution is 2.45. The summed E-state index contributed by atoms with van der Waals surface area (Å²) in [5, 5.41) is 13.4. The van der Waals surface area contributed by atoms with Crippen molar-refractivity contribution in [2.45, 2.75) is 52.6 Å². The van der Waals surface area contributed by atoms with E-state index in [1.807, 2.05) is 76.4 Å². The number of amides is 1. The standard InChI is InChI=1S/C26H22N2O3.2C2H6/c29-24(27-26(14-15-26)21-11-9-20(10-12-21)25(30)31)22-8-4-7-19-13-16-28(23(19)22)17-18-5-2-1-3-6-18;2*1-2/h1-13,16H,14-15,17H2,(H,27,29)(H,30,31);2*1-2H3. The Hall–Kier alpha value is -3.86. The van der Waals surface area contributed by atoms with Gasteiger partial charge in [-0.3, -0.25) is 4.79 Å². The van der Waals surface area contributed by atoms with Crippen molar-refractivity contribution in [3.63, 3.8) is 0 Å². The highest BCUT2D eigenvalue weighted by molar-refractivity contribution is 6.06. The number of aromatic carboxylic acids is 1. The van der Waals surface area contributed by atoms with E-state index in [1.165, 1.54) is 5.56 Å². The van der Waals surface area contributed by atoms with Gasteiger partial charge in [-0.1, -0.05) is 82.3 Å². The van der Waals surface area contributed by atoms with Crippen molar-refractivity contribution in [1.82, 2.24) is 9.88 Å². The molecule has 5 nitrogen and oxygen atoms in total. The van der Waals surface area contributed by atoms with Crippen LogP contribution in [0.25, 0.3) is 10.9 Å². The van der Waals surface area contributed by atoms with Gasteiger partial charge in [-0.25, -0.2) is 4.79 Å². The predicted octanol–water partition coefficient (Wildman–Crippen LogP) is 6.86. The van der Waals surface area contributed by atoms with Crippen LogP contribution in [0.1, 0.15) is 72.4 Å². The lowest BCUT2D eigenvalue weighted by atomic mass is 10.0. The number of nitrogens with one attached hydrogen (secondary N) is 1. The molecular formula is C30H34N2O3. The third-order valence-electron chi connectivity index (χ3n) is 6.02. The number of carboxylic acids is 1. The van der Waals surface area contributed by atoms with Gasteiger partial charge in [0.1, 0.15) is 0 Å². The van der Waals surface area contributed by atoms with Crippen molar-refractivity contribution in [3.8, 4) is 0 Å². The Morgan fingerprint density at radius 3 is 2.11 bits per heavy atom. The fourth-order valence-corrected chi connectivity index (χ4v) is 4.18. The van der Waals surface area contributed by atoms with Gasteiger partial charge in [-0.2, -0.15) is 0 Å². The molecule has 0 unspecified atom stereocenters. The van der Waals surface area contributed by atoms with E-state index in [4.69, 9.17) is 5.11 Å². The zero-order valence-corrected chi connectivity index (χ0v) is 20.9. The topological polar surface area (TPSA) is 71.3 Å². The SMILES string of the molecule is CC.CC.O=C(O)c1ccc(C2(NC(=O)c3cccc4ccn(Cc5ccccc5)c34)CC2)cc1. The van der Waals surface area contributed by atoms with Crippen LogP contribution in [0.15, 0.2) is 85.1 Å². The molecule has 182 valence electrons. The molecule has 4 aromatic rings. The van der Waals surface area contributed by atoms with E-state index in [1.54, 1.807) is 24.3 Å². The summed E-state index contributed by atoms with van der Waals surface area (Å²) in [6.07, 6.45) is 3.70. The number of fused-ring (bicyclic) bond motifs is 1. The highest BCUT2D eigenvalue weighted by Gasteiger charge is 2.46. The van der Waals surface area contributed by atoms with E-state index in [0.717, 1.165) is 29.3 Å². The van der Waals surface area contributed by atoms with Crippen LogP contribution in [0.3, 0.4) is 0 Å². The van der Waals surface area contributed by atoms with E-state index < -0.39 is 11.5 Å². The molecule has 3 aromatic carbocycles. The zero-order valence-electron chi connectivity index (χ0n) is 20.9. The van der Waals surface area contributed by atoms with Crippen molar-refractivity contribution >= 4 is 22.8 Å². The molecule has 1 aliphatic rings. The predicted molar refractivity (Wildman–Crippen MR) is 142 cm³/mol. The second-order valence-corrected chi connectivity index (χ2v) is 8.09. The zero-order chi connectivity index (χ0) is 25.4. The first kappa shape index (κ1) is 25.8. The molecule has 2 N–H and O–H groups in total. The smallest absolute Gasteiger partial charge is 0.335 e. The Morgan fingerprint density at radius 2 is 1.51 bits per heavy atom. The van der Waals surface area contributed by atoms with Crippen molar-refractivity contribution in [1.29, 1.82) is 0 Å². The lowest BCUT2D eigenvalue weighted by molar-refractivity contribution is 0.0696. The van der Waals surface area contributed by atoms with Gasteiger partial charge in [0.15, 0.2) is 0 Å². The average molecular weight is 471 g/mol. The maximum absolute atomic E-state index is 13.3. The molecule has 5 heteroatoms. The summed E-state index contributed by atoms with van der Waals surface area (Å²) in [6, 6.07) is 24.8. The number of aromatic nitrogens is 1. The quantitative estimate of drug-likeness (QED) is 0.323. The summed E-state index contributed by atoms with van der Waals surface area (Å²) in [7, 11) is 0. The number of carbonyl (C=O) groups excluding carboxylic acids is 1. The first-order valence-corrected chi connectivity index (χ1v) is 12.3. The monoisotopic (exact) mass is 470 g/mol. The molecule has 1 amide bonds. The van der Waals surface area contributed by atoms with Crippen LogP contribution in [0.5, 0.6) is 0 Å². The van der Waals surface area contributed by atoms with Gasteiger partial charge in [0.05, 0.1) is 22.2 Å².